The van der Waals surface area contributed by atoms with Gasteiger partial charge in [-0.15, -0.1) is 0 Å². The first-order valence-corrected chi connectivity index (χ1v) is 8.94. The lowest BCUT2D eigenvalue weighted by molar-refractivity contribution is 0.245. The van der Waals surface area contributed by atoms with Crippen molar-refractivity contribution < 1.29 is 0 Å². The number of nitrogens with zero attached hydrogens (tertiary/aromatic N) is 5. The monoisotopic (exact) mass is 346 g/mol. The van der Waals surface area contributed by atoms with Crippen molar-refractivity contribution in [2.75, 3.05) is 11.9 Å². The molecule has 1 fully saturated rings. The maximum Gasteiger partial charge on any atom is 0.228 e. The SMILES string of the molecule is Cc1cccc(CN2CCC[C@H]2c2ccnc(Nc3ncccn3)c2)n1. The molecule has 4 rings (SSSR count). The smallest absolute Gasteiger partial charge is 0.228 e. The predicted molar refractivity (Wildman–Crippen MR) is 101 cm³/mol. The second-order valence-electron chi connectivity index (χ2n) is 6.57. The van der Waals surface area contributed by atoms with E-state index < -0.39 is 0 Å². The van der Waals surface area contributed by atoms with E-state index in [0.717, 1.165) is 36.7 Å². The standard InChI is InChI=1S/C20H22N6/c1-15-5-2-6-17(24-15)14-26-12-3-7-18(26)16-8-11-21-19(13-16)25-20-22-9-4-10-23-20/h2,4-6,8-11,13,18H,3,7,12,14H2,1H3,(H,21,22,23,25)/t18-/m0/s1. The van der Waals surface area contributed by atoms with Crippen molar-refractivity contribution in [1.82, 2.24) is 24.8 Å². The molecule has 1 N–H and O–H groups in total. The van der Waals surface area contributed by atoms with E-state index in [2.05, 4.69) is 54.4 Å². The van der Waals surface area contributed by atoms with Gasteiger partial charge in [-0.1, -0.05) is 6.07 Å². The van der Waals surface area contributed by atoms with Gasteiger partial charge in [0.05, 0.1) is 5.69 Å². The molecule has 26 heavy (non-hydrogen) atoms. The van der Waals surface area contributed by atoms with Crippen LogP contribution in [0.3, 0.4) is 0 Å². The van der Waals surface area contributed by atoms with Gasteiger partial charge in [0.1, 0.15) is 5.82 Å². The fourth-order valence-corrected chi connectivity index (χ4v) is 3.49. The van der Waals surface area contributed by atoms with E-state index in [-0.39, 0.29) is 0 Å². The Morgan fingerprint density at radius 3 is 2.81 bits per heavy atom. The molecule has 1 atom stereocenters. The molecule has 3 aromatic rings. The predicted octanol–water partition coefficient (Wildman–Crippen LogP) is 3.66. The van der Waals surface area contributed by atoms with Gasteiger partial charge in [-0.25, -0.2) is 15.0 Å². The van der Waals surface area contributed by atoms with Gasteiger partial charge in [0.2, 0.25) is 5.95 Å². The molecule has 0 saturated carbocycles. The number of aryl methyl sites for hydroxylation is 1. The number of hydrogen-bond acceptors (Lipinski definition) is 6. The van der Waals surface area contributed by atoms with Crippen LogP contribution in [0, 0.1) is 6.92 Å². The van der Waals surface area contributed by atoms with Crippen molar-refractivity contribution >= 4 is 11.8 Å². The van der Waals surface area contributed by atoms with Crippen molar-refractivity contribution in [2.24, 2.45) is 0 Å². The molecule has 6 heteroatoms. The summed E-state index contributed by atoms with van der Waals surface area (Å²) < 4.78 is 0. The van der Waals surface area contributed by atoms with Crippen LogP contribution in [0.5, 0.6) is 0 Å². The second-order valence-corrected chi connectivity index (χ2v) is 6.57. The molecule has 132 valence electrons. The first kappa shape index (κ1) is 16.6. The summed E-state index contributed by atoms with van der Waals surface area (Å²) in [6, 6.07) is 12.6. The minimum atomic E-state index is 0.387. The zero-order valence-corrected chi connectivity index (χ0v) is 14.8. The number of likely N-dealkylation sites (tertiary alicyclic amines) is 1. The minimum absolute atomic E-state index is 0.387. The Hall–Kier alpha value is -2.86. The quantitative estimate of drug-likeness (QED) is 0.760. The lowest BCUT2D eigenvalue weighted by atomic mass is 10.1. The number of aromatic nitrogens is 4. The van der Waals surface area contributed by atoms with Gasteiger partial charge in [-0.05, 0) is 62.2 Å². The summed E-state index contributed by atoms with van der Waals surface area (Å²) in [5.74, 6) is 1.33. The Bertz CT molecular complexity index is 867. The maximum absolute atomic E-state index is 4.66. The normalized spacial score (nSPS) is 17.3. The number of anilines is 2. The summed E-state index contributed by atoms with van der Waals surface area (Å²) in [7, 11) is 0. The van der Waals surface area contributed by atoms with Crippen LogP contribution in [0.1, 0.15) is 35.8 Å². The summed E-state index contributed by atoms with van der Waals surface area (Å²) >= 11 is 0. The summed E-state index contributed by atoms with van der Waals surface area (Å²) in [4.78, 5) is 20.0. The average Bonchev–Trinajstić information content (AvgIpc) is 3.11. The van der Waals surface area contributed by atoms with Crippen molar-refractivity contribution in [3.8, 4) is 0 Å². The van der Waals surface area contributed by atoms with E-state index in [0.29, 0.717) is 12.0 Å². The highest BCUT2D eigenvalue weighted by atomic mass is 15.2. The molecule has 0 unspecified atom stereocenters. The Kier molecular flexibility index (Phi) is 4.84. The number of hydrogen-bond donors (Lipinski definition) is 1. The highest BCUT2D eigenvalue weighted by Crippen LogP contribution is 2.33. The molecule has 6 nitrogen and oxygen atoms in total. The van der Waals surface area contributed by atoms with Crippen LogP contribution in [-0.4, -0.2) is 31.4 Å². The van der Waals surface area contributed by atoms with E-state index in [4.69, 9.17) is 0 Å². The fourth-order valence-electron chi connectivity index (χ4n) is 3.49. The molecular weight excluding hydrogens is 324 g/mol. The molecule has 4 heterocycles. The van der Waals surface area contributed by atoms with Crippen LogP contribution in [0.15, 0.2) is 55.0 Å². The van der Waals surface area contributed by atoms with E-state index >= 15 is 0 Å². The third-order valence-corrected chi connectivity index (χ3v) is 4.65. The highest BCUT2D eigenvalue weighted by molar-refractivity contribution is 5.48. The lowest BCUT2D eigenvalue weighted by Crippen LogP contribution is -2.23. The Morgan fingerprint density at radius 2 is 1.96 bits per heavy atom. The van der Waals surface area contributed by atoms with Gasteiger partial charge < -0.3 is 5.32 Å². The zero-order chi connectivity index (χ0) is 17.8. The van der Waals surface area contributed by atoms with E-state index in [9.17, 15) is 0 Å². The van der Waals surface area contributed by atoms with E-state index in [1.807, 2.05) is 19.2 Å². The fraction of sp³-hybridized carbons (Fsp3) is 0.300. The van der Waals surface area contributed by atoms with E-state index in [1.54, 1.807) is 18.5 Å². The van der Waals surface area contributed by atoms with Crippen LogP contribution in [0.4, 0.5) is 11.8 Å². The zero-order valence-electron chi connectivity index (χ0n) is 14.8. The second kappa shape index (κ2) is 7.58. The third kappa shape index (κ3) is 3.86. The molecule has 0 spiro atoms. The maximum atomic E-state index is 4.66. The molecule has 0 bridgehead atoms. The number of rotatable bonds is 5. The Labute approximate surface area is 153 Å². The molecule has 0 amide bonds. The minimum Gasteiger partial charge on any atom is -0.309 e. The first-order chi connectivity index (χ1) is 12.8. The molecule has 0 aliphatic carbocycles. The van der Waals surface area contributed by atoms with E-state index in [1.165, 1.54) is 12.0 Å². The van der Waals surface area contributed by atoms with Gasteiger partial charge in [-0.3, -0.25) is 9.88 Å². The number of pyridine rings is 2. The van der Waals surface area contributed by atoms with Gasteiger partial charge in [-0.2, -0.15) is 0 Å². The van der Waals surface area contributed by atoms with Crippen LogP contribution in [0.25, 0.3) is 0 Å². The van der Waals surface area contributed by atoms with Gasteiger partial charge in [0.15, 0.2) is 0 Å². The largest absolute Gasteiger partial charge is 0.309 e. The summed E-state index contributed by atoms with van der Waals surface area (Å²) in [5.41, 5.74) is 3.46. The molecule has 1 saturated heterocycles. The highest BCUT2D eigenvalue weighted by Gasteiger charge is 2.26. The van der Waals surface area contributed by atoms with Crippen LogP contribution in [0.2, 0.25) is 0 Å². The molecular formula is C20H22N6. The first-order valence-electron chi connectivity index (χ1n) is 8.94. The molecule has 1 aliphatic rings. The van der Waals surface area contributed by atoms with Crippen molar-refractivity contribution in [3.63, 3.8) is 0 Å². The lowest BCUT2D eigenvalue weighted by Gasteiger charge is -2.24. The average molecular weight is 346 g/mol. The van der Waals surface area contributed by atoms with Crippen molar-refractivity contribution in [3.05, 3.63) is 71.9 Å². The molecule has 0 radical (unpaired) electrons. The van der Waals surface area contributed by atoms with Crippen LogP contribution >= 0.6 is 0 Å². The molecule has 1 aliphatic heterocycles. The number of nitrogens with one attached hydrogen (secondary N) is 1. The summed E-state index contributed by atoms with van der Waals surface area (Å²) in [5, 5.41) is 3.18. The van der Waals surface area contributed by atoms with Gasteiger partial charge >= 0.3 is 0 Å². The summed E-state index contributed by atoms with van der Waals surface area (Å²) in [6.45, 7) is 4.00. The van der Waals surface area contributed by atoms with Gasteiger partial charge in [0.25, 0.3) is 0 Å². The summed E-state index contributed by atoms with van der Waals surface area (Å²) in [6.07, 6.45) is 7.63. The van der Waals surface area contributed by atoms with Crippen LogP contribution in [-0.2, 0) is 6.54 Å². The van der Waals surface area contributed by atoms with Crippen molar-refractivity contribution in [1.29, 1.82) is 0 Å². The topological polar surface area (TPSA) is 66.8 Å². The molecule has 0 aromatic carbocycles. The Balaban J connectivity index is 1.51. The third-order valence-electron chi connectivity index (χ3n) is 4.65. The van der Waals surface area contributed by atoms with Gasteiger partial charge in [0, 0.05) is 36.9 Å². The van der Waals surface area contributed by atoms with Crippen LogP contribution < -0.4 is 5.32 Å². The Morgan fingerprint density at radius 1 is 1.08 bits per heavy atom. The molecule has 3 aromatic heterocycles. The van der Waals surface area contributed by atoms with Crippen molar-refractivity contribution in [2.45, 2.75) is 32.4 Å².